The van der Waals surface area contributed by atoms with Crippen molar-refractivity contribution in [3.8, 4) is 0 Å². The minimum Gasteiger partial charge on any atom is -0.295 e. The Morgan fingerprint density at radius 2 is 1.81 bits per heavy atom. The third-order valence-electron chi connectivity index (χ3n) is 5.56. The van der Waals surface area contributed by atoms with Crippen molar-refractivity contribution in [2.75, 3.05) is 13.1 Å². The molecule has 0 N–H and O–H groups in total. The maximum atomic E-state index is 5.00. The van der Waals surface area contributed by atoms with Gasteiger partial charge in [-0.15, -0.1) is 0 Å². The minimum atomic E-state index is 0.762. The fourth-order valence-corrected chi connectivity index (χ4v) is 3.94. The number of aliphatic imine (C=N–C) groups is 1. The molecule has 2 heteroatoms. The summed E-state index contributed by atoms with van der Waals surface area (Å²) >= 11 is 0. The van der Waals surface area contributed by atoms with Crippen molar-refractivity contribution < 1.29 is 0 Å². The van der Waals surface area contributed by atoms with Gasteiger partial charge in [-0.05, 0) is 57.2 Å². The van der Waals surface area contributed by atoms with Gasteiger partial charge in [0.1, 0.15) is 0 Å². The van der Waals surface area contributed by atoms with E-state index in [0.29, 0.717) is 0 Å². The second-order valence-electron chi connectivity index (χ2n) is 7.69. The van der Waals surface area contributed by atoms with Crippen LogP contribution in [0.4, 0.5) is 0 Å². The van der Waals surface area contributed by atoms with Crippen molar-refractivity contribution in [2.45, 2.75) is 85.1 Å². The van der Waals surface area contributed by atoms with E-state index in [9.17, 15) is 0 Å². The van der Waals surface area contributed by atoms with Crippen LogP contribution in [0.1, 0.15) is 83.8 Å². The molecular formula is C24H38N2. The number of unbranched alkanes of at least 4 members (excludes halogenated alkanes) is 1. The summed E-state index contributed by atoms with van der Waals surface area (Å²) in [5.74, 6) is 0. The van der Waals surface area contributed by atoms with Gasteiger partial charge in [0, 0.05) is 18.3 Å². The van der Waals surface area contributed by atoms with Gasteiger partial charge in [0.15, 0.2) is 0 Å². The molecule has 2 rings (SSSR count). The zero-order valence-electron chi connectivity index (χ0n) is 17.4. The Morgan fingerprint density at radius 1 is 1.12 bits per heavy atom. The van der Waals surface area contributed by atoms with Crippen LogP contribution in [0.15, 0.2) is 35.3 Å². The largest absolute Gasteiger partial charge is 0.295 e. The predicted octanol–water partition coefficient (Wildman–Crippen LogP) is 6.51. The quantitative estimate of drug-likeness (QED) is 0.462. The molecule has 0 radical (unpaired) electrons. The van der Waals surface area contributed by atoms with E-state index in [1.54, 1.807) is 0 Å². The van der Waals surface area contributed by atoms with Crippen LogP contribution in [0.2, 0.25) is 0 Å². The van der Waals surface area contributed by atoms with Crippen LogP contribution in [-0.2, 0) is 6.42 Å². The number of allylic oxidation sites excluding steroid dienone is 1. The molecule has 0 atom stereocenters. The number of nitrogens with zero attached hydrogens (tertiary/aromatic N) is 2. The first-order valence-electron chi connectivity index (χ1n) is 10.7. The molecule has 2 nitrogen and oxygen atoms in total. The maximum Gasteiger partial charge on any atom is 0.0659 e. The third kappa shape index (κ3) is 6.39. The normalized spacial score (nSPS) is 17.1. The molecule has 0 saturated heterocycles. The first-order chi connectivity index (χ1) is 12.7. The van der Waals surface area contributed by atoms with Crippen molar-refractivity contribution in [3.63, 3.8) is 0 Å². The summed E-state index contributed by atoms with van der Waals surface area (Å²) in [4.78, 5) is 7.70. The van der Waals surface area contributed by atoms with Gasteiger partial charge in [-0.2, -0.15) is 0 Å². The van der Waals surface area contributed by atoms with E-state index < -0.39 is 0 Å². The molecule has 0 aromatic heterocycles. The summed E-state index contributed by atoms with van der Waals surface area (Å²) in [6, 6.07) is 9.62. The fourth-order valence-electron chi connectivity index (χ4n) is 3.94. The lowest BCUT2D eigenvalue weighted by atomic mass is 9.94. The monoisotopic (exact) mass is 354 g/mol. The smallest absolute Gasteiger partial charge is 0.0659 e. The molecule has 0 heterocycles. The molecule has 26 heavy (non-hydrogen) atoms. The predicted molar refractivity (Wildman–Crippen MR) is 116 cm³/mol. The van der Waals surface area contributed by atoms with Gasteiger partial charge in [0.05, 0.1) is 5.70 Å². The summed E-state index contributed by atoms with van der Waals surface area (Å²) in [5.41, 5.74) is 4.94. The SMILES string of the molecule is C/C=C(\N=C(/C)CN(CCCC)C1CCCCC1)c1ccc(CC)cc1. The lowest BCUT2D eigenvalue weighted by Gasteiger charge is -2.34. The lowest BCUT2D eigenvalue weighted by Crippen LogP contribution is -2.40. The molecular weight excluding hydrogens is 316 g/mol. The Morgan fingerprint density at radius 3 is 2.38 bits per heavy atom. The molecule has 1 fully saturated rings. The van der Waals surface area contributed by atoms with E-state index in [4.69, 9.17) is 4.99 Å². The van der Waals surface area contributed by atoms with Crippen molar-refractivity contribution in [1.82, 2.24) is 4.90 Å². The Balaban J connectivity index is 2.07. The van der Waals surface area contributed by atoms with Gasteiger partial charge in [0.2, 0.25) is 0 Å². The summed E-state index contributed by atoms with van der Waals surface area (Å²) < 4.78 is 0. The molecule has 0 unspecified atom stereocenters. The second-order valence-corrected chi connectivity index (χ2v) is 7.69. The molecule has 0 amide bonds. The number of hydrogen-bond acceptors (Lipinski definition) is 2. The summed E-state index contributed by atoms with van der Waals surface area (Å²) in [5, 5.41) is 0. The van der Waals surface area contributed by atoms with Gasteiger partial charge in [-0.3, -0.25) is 9.89 Å². The van der Waals surface area contributed by atoms with Gasteiger partial charge < -0.3 is 0 Å². The molecule has 1 aromatic rings. The zero-order valence-corrected chi connectivity index (χ0v) is 17.4. The van der Waals surface area contributed by atoms with Crippen molar-refractivity contribution >= 4 is 11.4 Å². The number of benzene rings is 1. The van der Waals surface area contributed by atoms with Gasteiger partial charge >= 0.3 is 0 Å². The highest BCUT2D eigenvalue weighted by Gasteiger charge is 2.21. The Hall–Kier alpha value is -1.41. The van der Waals surface area contributed by atoms with Crippen LogP contribution in [0.25, 0.3) is 5.70 Å². The van der Waals surface area contributed by atoms with Crippen LogP contribution in [0.3, 0.4) is 0 Å². The van der Waals surface area contributed by atoms with Crippen LogP contribution in [0.5, 0.6) is 0 Å². The second kappa shape index (κ2) is 11.3. The van der Waals surface area contributed by atoms with Crippen molar-refractivity contribution in [1.29, 1.82) is 0 Å². The van der Waals surface area contributed by atoms with Crippen LogP contribution in [0, 0.1) is 0 Å². The van der Waals surface area contributed by atoms with E-state index >= 15 is 0 Å². The summed E-state index contributed by atoms with van der Waals surface area (Å²) in [6.45, 7) is 11.0. The maximum absolute atomic E-state index is 5.00. The highest BCUT2D eigenvalue weighted by molar-refractivity contribution is 5.89. The molecule has 1 aliphatic carbocycles. The molecule has 1 saturated carbocycles. The average molecular weight is 355 g/mol. The Kier molecular flexibility index (Phi) is 9.11. The van der Waals surface area contributed by atoms with Crippen LogP contribution >= 0.6 is 0 Å². The standard InChI is InChI=1S/C24H38N2/c1-5-8-18-26(23-12-10-9-11-13-23)19-20(4)25-24(7-3)22-16-14-21(6-2)15-17-22/h7,14-17,23H,5-6,8-13,18-19H2,1-4H3/b24-7-,25-20+. The van der Waals surface area contributed by atoms with E-state index in [2.05, 4.69) is 62.9 Å². The number of hydrogen-bond donors (Lipinski definition) is 0. The van der Waals surface area contributed by atoms with E-state index in [1.807, 2.05) is 0 Å². The first kappa shape index (κ1) is 20.9. The number of rotatable bonds is 9. The molecule has 0 spiro atoms. The van der Waals surface area contributed by atoms with Crippen molar-refractivity contribution in [3.05, 3.63) is 41.5 Å². The third-order valence-corrected chi connectivity index (χ3v) is 5.56. The number of aryl methyl sites for hydroxylation is 1. The van der Waals surface area contributed by atoms with E-state index in [1.165, 1.54) is 68.3 Å². The first-order valence-corrected chi connectivity index (χ1v) is 10.7. The zero-order chi connectivity index (χ0) is 18.8. The molecule has 144 valence electrons. The van der Waals surface area contributed by atoms with Gasteiger partial charge in [-0.25, -0.2) is 0 Å². The van der Waals surface area contributed by atoms with Crippen LogP contribution < -0.4 is 0 Å². The van der Waals surface area contributed by atoms with Crippen molar-refractivity contribution in [2.24, 2.45) is 4.99 Å². The highest BCUT2D eigenvalue weighted by Crippen LogP contribution is 2.23. The van der Waals surface area contributed by atoms with Gasteiger partial charge in [-0.1, -0.05) is 69.9 Å². The average Bonchev–Trinajstić information content (AvgIpc) is 2.70. The Bertz CT molecular complexity index is 577. The molecule has 1 aromatic carbocycles. The van der Waals surface area contributed by atoms with E-state index in [-0.39, 0.29) is 0 Å². The summed E-state index contributed by atoms with van der Waals surface area (Å²) in [7, 11) is 0. The summed E-state index contributed by atoms with van der Waals surface area (Å²) in [6.07, 6.45) is 12.7. The van der Waals surface area contributed by atoms with Crippen LogP contribution in [-0.4, -0.2) is 29.7 Å². The Labute approximate surface area is 161 Å². The minimum absolute atomic E-state index is 0.762. The molecule has 0 aliphatic heterocycles. The molecule has 1 aliphatic rings. The topological polar surface area (TPSA) is 15.6 Å². The lowest BCUT2D eigenvalue weighted by molar-refractivity contribution is 0.175. The molecule has 0 bridgehead atoms. The highest BCUT2D eigenvalue weighted by atomic mass is 15.2. The van der Waals surface area contributed by atoms with E-state index in [0.717, 1.165) is 24.7 Å². The fraction of sp³-hybridized carbons (Fsp3) is 0.625. The van der Waals surface area contributed by atoms with Gasteiger partial charge in [0.25, 0.3) is 0 Å².